The van der Waals surface area contributed by atoms with Gasteiger partial charge in [0.25, 0.3) is 0 Å². The van der Waals surface area contributed by atoms with Crippen molar-refractivity contribution in [2.75, 3.05) is 4.31 Å². The van der Waals surface area contributed by atoms with Crippen LogP contribution in [0, 0.1) is 0 Å². The van der Waals surface area contributed by atoms with Crippen molar-refractivity contribution in [3.05, 3.63) is 24.4 Å². The van der Waals surface area contributed by atoms with Gasteiger partial charge in [0.15, 0.2) is 0 Å². The number of anilines is 1. The molecule has 80 valence electrons. The van der Waals surface area contributed by atoms with Crippen LogP contribution in [0.3, 0.4) is 0 Å². The zero-order valence-corrected chi connectivity index (χ0v) is 10.0. The summed E-state index contributed by atoms with van der Waals surface area (Å²) in [7, 11) is 0. The Hall–Kier alpha value is -1.16. The normalized spacial score (nSPS) is 12.0. The molecule has 2 aromatic rings. The second-order valence-electron chi connectivity index (χ2n) is 4.62. The molecule has 0 saturated carbocycles. The van der Waals surface area contributed by atoms with E-state index in [0.717, 1.165) is 16.6 Å². The van der Waals surface area contributed by atoms with E-state index in [1.54, 1.807) is 0 Å². The van der Waals surface area contributed by atoms with Crippen molar-refractivity contribution in [1.82, 2.24) is 10.2 Å². The van der Waals surface area contributed by atoms with E-state index >= 15 is 0 Å². The van der Waals surface area contributed by atoms with Gasteiger partial charge in [0.2, 0.25) is 0 Å². The van der Waals surface area contributed by atoms with Crippen molar-refractivity contribution >= 4 is 29.4 Å². The molecule has 0 aliphatic rings. The summed E-state index contributed by atoms with van der Waals surface area (Å²) in [6, 6.07) is 6.14. The molecular weight excluding hydrogens is 206 g/mol. The van der Waals surface area contributed by atoms with Crippen molar-refractivity contribution in [2.45, 2.75) is 26.3 Å². The maximum absolute atomic E-state index is 4.51. The lowest BCUT2D eigenvalue weighted by atomic mass is 10.1. The van der Waals surface area contributed by atoms with E-state index in [-0.39, 0.29) is 5.54 Å². The number of nitrogens with zero attached hydrogens (tertiary/aromatic N) is 2. The minimum Gasteiger partial charge on any atom is -0.313 e. The third-order valence-electron chi connectivity index (χ3n) is 2.30. The first-order valence-electron chi connectivity index (χ1n) is 4.91. The molecular formula is C11H15N3S. The van der Waals surface area contributed by atoms with E-state index in [2.05, 4.69) is 49.8 Å². The van der Waals surface area contributed by atoms with Gasteiger partial charge in [0.1, 0.15) is 0 Å². The van der Waals surface area contributed by atoms with Crippen molar-refractivity contribution < 1.29 is 0 Å². The maximum atomic E-state index is 4.51. The number of thiol groups is 1. The molecule has 0 amide bonds. The van der Waals surface area contributed by atoms with Crippen LogP contribution in [-0.4, -0.2) is 15.7 Å². The maximum Gasteiger partial charge on any atom is 0.0651 e. The zero-order valence-electron chi connectivity index (χ0n) is 9.15. The van der Waals surface area contributed by atoms with Gasteiger partial charge in [-0.1, -0.05) is 12.8 Å². The van der Waals surface area contributed by atoms with Crippen LogP contribution in [0.4, 0.5) is 5.69 Å². The van der Waals surface area contributed by atoms with Crippen molar-refractivity contribution in [3.8, 4) is 0 Å². The van der Waals surface area contributed by atoms with Gasteiger partial charge in [-0.3, -0.25) is 5.10 Å². The predicted molar refractivity (Wildman–Crippen MR) is 67.3 cm³/mol. The fraction of sp³-hybridized carbons (Fsp3) is 0.364. The van der Waals surface area contributed by atoms with Crippen LogP contribution in [0.2, 0.25) is 0 Å². The molecule has 0 bridgehead atoms. The van der Waals surface area contributed by atoms with E-state index in [0.29, 0.717) is 0 Å². The van der Waals surface area contributed by atoms with E-state index in [9.17, 15) is 0 Å². The summed E-state index contributed by atoms with van der Waals surface area (Å²) in [6.07, 6.45) is 1.82. The molecule has 0 spiro atoms. The van der Waals surface area contributed by atoms with Crippen LogP contribution in [0.5, 0.6) is 0 Å². The lowest BCUT2D eigenvalue weighted by Crippen LogP contribution is -2.33. The van der Waals surface area contributed by atoms with Gasteiger partial charge in [0, 0.05) is 16.6 Å². The zero-order chi connectivity index (χ0) is 11.1. The molecule has 0 atom stereocenters. The predicted octanol–water partition coefficient (Wildman–Crippen LogP) is 3.01. The summed E-state index contributed by atoms with van der Waals surface area (Å²) in [6.45, 7) is 6.37. The molecule has 4 heteroatoms. The molecule has 2 rings (SSSR count). The first-order chi connectivity index (χ1) is 6.98. The van der Waals surface area contributed by atoms with Crippen molar-refractivity contribution in [1.29, 1.82) is 0 Å². The highest BCUT2D eigenvalue weighted by molar-refractivity contribution is 7.81. The SMILES string of the molecule is CC(C)(C)N(S)c1ccc2[nH]ncc2c1. The molecule has 1 heterocycles. The lowest BCUT2D eigenvalue weighted by Gasteiger charge is -2.32. The van der Waals surface area contributed by atoms with Gasteiger partial charge < -0.3 is 4.31 Å². The van der Waals surface area contributed by atoms with E-state index in [4.69, 9.17) is 0 Å². The van der Waals surface area contributed by atoms with Crippen molar-refractivity contribution in [2.24, 2.45) is 0 Å². The Bertz CT molecular complexity index is 470. The molecule has 0 saturated heterocycles. The number of benzene rings is 1. The Morgan fingerprint density at radius 1 is 1.33 bits per heavy atom. The Labute approximate surface area is 95.0 Å². The second kappa shape index (κ2) is 3.45. The molecule has 0 unspecified atom stereocenters. The highest BCUT2D eigenvalue weighted by atomic mass is 32.1. The van der Waals surface area contributed by atoms with E-state index in [1.165, 1.54) is 0 Å². The van der Waals surface area contributed by atoms with Gasteiger partial charge in [-0.15, -0.1) is 0 Å². The van der Waals surface area contributed by atoms with Gasteiger partial charge in [0.05, 0.1) is 11.7 Å². The number of fused-ring (bicyclic) bond motifs is 1. The highest BCUT2D eigenvalue weighted by Gasteiger charge is 2.18. The molecule has 0 aliphatic heterocycles. The highest BCUT2D eigenvalue weighted by Crippen LogP contribution is 2.28. The summed E-state index contributed by atoms with van der Waals surface area (Å²) in [5.41, 5.74) is 2.13. The Morgan fingerprint density at radius 2 is 2.07 bits per heavy atom. The van der Waals surface area contributed by atoms with Gasteiger partial charge >= 0.3 is 0 Å². The van der Waals surface area contributed by atoms with Gasteiger partial charge in [-0.05, 0) is 39.0 Å². The summed E-state index contributed by atoms with van der Waals surface area (Å²) in [5.74, 6) is 0. The van der Waals surface area contributed by atoms with Crippen molar-refractivity contribution in [3.63, 3.8) is 0 Å². The fourth-order valence-electron chi connectivity index (χ4n) is 1.45. The number of H-pyrrole nitrogens is 1. The minimum atomic E-state index is 0.000519. The molecule has 1 N–H and O–H groups in total. The summed E-state index contributed by atoms with van der Waals surface area (Å²) < 4.78 is 1.96. The molecule has 1 aromatic heterocycles. The van der Waals surface area contributed by atoms with Crippen LogP contribution < -0.4 is 4.31 Å². The number of nitrogens with one attached hydrogen (secondary N) is 1. The number of rotatable bonds is 1. The van der Waals surface area contributed by atoms with Crippen LogP contribution in [0.1, 0.15) is 20.8 Å². The third-order valence-corrected chi connectivity index (χ3v) is 3.13. The largest absolute Gasteiger partial charge is 0.313 e. The average molecular weight is 221 g/mol. The summed E-state index contributed by atoms with van der Waals surface area (Å²) >= 11 is 4.51. The van der Waals surface area contributed by atoms with Gasteiger partial charge in [-0.25, -0.2) is 0 Å². The molecule has 15 heavy (non-hydrogen) atoms. The first-order valence-corrected chi connectivity index (χ1v) is 5.31. The topological polar surface area (TPSA) is 31.9 Å². The van der Waals surface area contributed by atoms with Gasteiger partial charge in [-0.2, -0.15) is 5.10 Å². The minimum absolute atomic E-state index is 0.000519. The summed E-state index contributed by atoms with van der Waals surface area (Å²) in [4.78, 5) is 0. The molecule has 3 nitrogen and oxygen atoms in total. The molecule has 1 aromatic carbocycles. The standard InChI is InChI=1S/C11H15N3S/c1-11(2,3)14(15)9-4-5-10-8(6-9)7-12-13-10/h4-7,15H,1-3H3,(H,12,13). The number of aromatic nitrogens is 2. The third kappa shape index (κ3) is 1.95. The lowest BCUT2D eigenvalue weighted by molar-refractivity contribution is 0.592. The number of hydrogen-bond donors (Lipinski definition) is 2. The van der Waals surface area contributed by atoms with Crippen LogP contribution in [-0.2, 0) is 0 Å². The number of hydrogen-bond acceptors (Lipinski definition) is 3. The molecule has 0 radical (unpaired) electrons. The smallest absolute Gasteiger partial charge is 0.0651 e. The van der Waals surface area contributed by atoms with Crippen LogP contribution in [0.25, 0.3) is 10.9 Å². The quantitative estimate of drug-likeness (QED) is 0.725. The fourth-order valence-corrected chi connectivity index (χ4v) is 1.57. The number of aromatic amines is 1. The monoisotopic (exact) mass is 221 g/mol. The Morgan fingerprint density at radius 3 is 2.73 bits per heavy atom. The second-order valence-corrected chi connectivity index (χ2v) is 5.02. The summed E-state index contributed by atoms with van der Waals surface area (Å²) in [5, 5.41) is 8.03. The average Bonchev–Trinajstić information content (AvgIpc) is 2.61. The first kappa shape index (κ1) is 10.4. The Balaban J connectivity index is 2.44. The Kier molecular flexibility index (Phi) is 2.38. The van der Waals surface area contributed by atoms with Crippen LogP contribution in [0.15, 0.2) is 24.4 Å². The molecule has 0 aliphatic carbocycles. The van der Waals surface area contributed by atoms with E-state index < -0.39 is 0 Å². The van der Waals surface area contributed by atoms with Crippen LogP contribution >= 0.6 is 12.8 Å². The van der Waals surface area contributed by atoms with E-state index in [1.807, 2.05) is 22.6 Å². The molecule has 0 fully saturated rings.